The lowest BCUT2D eigenvalue weighted by molar-refractivity contribution is -0.163. The average Bonchev–Trinajstić information content (AvgIpc) is 3.09. The van der Waals surface area contributed by atoms with Crippen LogP contribution in [-0.4, -0.2) is 49.2 Å². The second kappa shape index (κ2) is 6.91. The van der Waals surface area contributed by atoms with E-state index in [-0.39, 0.29) is 30.2 Å². The van der Waals surface area contributed by atoms with E-state index in [0.717, 1.165) is 4.88 Å². The van der Waals surface area contributed by atoms with E-state index in [4.69, 9.17) is 0 Å². The number of aromatic nitrogens is 1. The zero-order valence-electron chi connectivity index (χ0n) is 13.6. The molecule has 0 unspecified atom stereocenters. The summed E-state index contributed by atoms with van der Waals surface area (Å²) in [6.07, 6.45) is 0.965. The fraction of sp³-hybridized carbons (Fsp3) is 0.438. The Kier molecular flexibility index (Phi) is 5.01. The molecule has 3 heterocycles. The molecule has 9 heteroatoms. The Morgan fingerprint density at radius 3 is 2.88 bits per heavy atom. The first-order valence-electron chi connectivity index (χ1n) is 7.73. The van der Waals surface area contributed by atoms with Crippen molar-refractivity contribution >= 4 is 41.1 Å². The summed E-state index contributed by atoms with van der Waals surface area (Å²) in [7, 11) is 0. The van der Waals surface area contributed by atoms with E-state index >= 15 is 0 Å². The molecule has 0 radical (unpaired) electrons. The summed E-state index contributed by atoms with van der Waals surface area (Å²) in [6, 6.07) is -0.314. The molecule has 7 nitrogen and oxygen atoms in total. The van der Waals surface area contributed by atoms with E-state index in [1.807, 2.05) is 6.92 Å². The lowest BCUT2D eigenvalue weighted by Gasteiger charge is -2.46. The van der Waals surface area contributed by atoms with E-state index in [0.29, 0.717) is 10.6 Å². The second-order valence-electron chi connectivity index (χ2n) is 6.01. The molecular formula is C16H18N2O5S2. The van der Waals surface area contributed by atoms with Crippen LogP contribution in [0.1, 0.15) is 24.4 Å². The van der Waals surface area contributed by atoms with Gasteiger partial charge in [-0.3, -0.25) is 4.79 Å². The number of thioether (sulfide) groups is 1. The third-order valence-corrected chi connectivity index (χ3v) is 6.48. The predicted octanol–water partition coefficient (Wildman–Crippen LogP) is 1.49. The average molecular weight is 382 g/mol. The number of rotatable bonds is 6. The number of amides is 1. The second-order valence-corrected chi connectivity index (χ2v) is 7.85. The lowest BCUT2D eigenvalue weighted by Crippen LogP contribution is -2.63. The minimum absolute atomic E-state index is 0.000682. The van der Waals surface area contributed by atoms with E-state index in [1.165, 1.54) is 28.0 Å². The van der Waals surface area contributed by atoms with Crippen molar-refractivity contribution < 1.29 is 24.9 Å². The van der Waals surface area contributed by atoms with Gasteiger partial charge in [-0.15, -0.1) is 11.3 Å². The number of carbonyl (C=O) groups is 2. The molecule has 2 aliphatic heterocycles. The number of aliphatic hydroxyl groups is 2. The van der Waals surface area contributed by atoms with Gasteiger partial charge in [-0.2, -0.15) is 0 Å². The molecular weight excluding hydrogens is 364 g/mol. The van der Waals surface area contributed by atoms with Gasteiger partial charge in [0.05, 0.1) is 40.8 Å². The Bertz CT molecular complexity index is 770. The van der Waals surface area contributed by atoms with Crippen LogP contribution in [0.25, 0.3) is 6.08 Å². The van der Waals surface area contributed by atoms with Crippen LogP contribution in [-0.2, 0) is 16.2 Å². The van der Waals surface area contributed by atoms with Crippen molar-refractivity contribution in [1.82, 2.24) is 9.88 Å². The minimum atomic E-state index is -1.14. The van der Waals surface area contributed by atoms with Crippen LogP contribution in [0.3, 0.4) is 0 Å². The normalized spacial score (nSPS) is 27.0. The summed E-state index contributed by atoms with van der Waals surface area (Å²) >= 11 is 2.63. The fourth-order valence-corrected chi connectivity index (χ4v) is 5.16. The number of aliphatic hydroxyl groups excluding tert-OH is 2. The fourth-order valence-electron chi connectivity index (χ4n) is 3.38. The summed E-state index contributed by atoms with van der Waals surface area (Å²) < 4.78 is 0. The van der Waals surface area contributed by atoms with Gasteiger partial charge in [-0.05, 0) is 18.4 Å². The maximum absolute atomic E-state index is 12.2. The molecule has 0 spiro atoms. The number of thiazole rings is 1. The zero-order chi connectivity index (χ0) is 18.3. The highest BCUT2D eigenvalue weighted by Gasteiger charge is 2.59. The number of fused-ring (bicyclic) bond motifs is 1. The number of carbonyl (C=O) groups excluding carboxylic acids is 1. The molecule has 3 N–H and O–H groups in total. The molecule has 134 valence electrons. The lowest BCUT2D eigenvalue weighted by atomic mass is 9.79. The first kappa shape index (κ1) is 18.1. The van der Waals surface area contributed by atoms with Crippen molar-refractivity contribution in [2.24, 2.45) is 11.8 Å². The molecule has 25 heavy (non-hydrogen) atoms. The van der Waals surface area contributed by atoms with Crippen LogP contribution in [0.15, 0.2) is 21.5 Å². The van der Waals surface area contributed by atoms with Crippen LogP contribution in [0.4, 0.5) is 0 Å². The molecule has 0 aromatic carbocycles. The van der Waals surface area contributed by atoms with Crippen molar-refractivity contribution in [2.75, 3.05) is 0 Å². The third-order valence-electron chi connectivity index (χ3n) is 4.55. The van der Waals surface area contributed by atoms with Gasteiger partial charge in [0.15, 0.2) is 0 Å². The highest BCUT2D eigenvalue weighted by Crippen LogP contribution is 2.50. The Morgan fingerprint density at radius 1 is 1.56 bits per heavy atom. The summed E-state index contributed by atoms with van der Waals surface area (Å²) in [6.45, 7) is 3.27. The van der Waals surface area contributed by atoms with Crippen molar-refractivity contribution in [3.8, 4) is 0 Å². The Hall–Kier alpha value is -1.68. The number of nitrogens with zero attached hydrogens (tertiary/aromatic N) is 2. The van der Waals surface area contributed by atoms with Gasteiger partial charge >= 0.3 is 5.97 Å². The standard InChI is InChI=1S/C16H18N2O5S2/c1-7-12-11(8(2)20)15(21)18(12)13(16(22)23)14(7)24-4-3-10-9(5-19)17-6-25-10/h3-4,6-8,11-12,19-20H,5H2,1-2H3,(H,22,23)/t7-,8-,11-,12-/m1/s1. The predicted molar refractivity (Wildman–Crippen MR) is 94.3 cm³/mol. The molecule has 4 atom stereocenters. The summed E-state index contributed by atoms with van der Waals surface area (Å²) in [5.41, 5.74) is 2.20. The summed E-state index contributed by atoms with van der Waals surface area (Å²) in [4.78, 5) is 30.6. The highest BCUT2D eigenvalue weighted by molar-refractivity contribution is 8.06. The zero-order valence-corrected chi connectivity index (χ0v) is 15.3. The first-order chi connectivity index (χ1) is 11.9. The number of β-lactam (4-membered cyclic amide) rings is 1. The van der Waals surface area contributed by atoms with Gasteiger partial charge in [0.1, 0.15) is 5.70 Å². The van der Waals surface area contributed by atoms with Crippen molar-refractivity contribution in [3.05, 3.63) is 32.1 Å². The van der Waals surface area contributed by atoms with Crippen molar-refractivity contribution in [2.45, 2.75) is 32.6 Å². The molecule has 0 bridgehead atoms. The molecule has 0 saturated carbocycles. The SMILES string of the molecule is C[C@@H](O)[C@H]1C(=O)N2C(C(=O)O)=C(SC=Cc3scnc3CO)[C@H](C)[C@H]12. The summed E-state index contributed by atoms with van der Waals surface area (Å²) in [5, 5.41) is 30.3. The smallest absolute Gasteiger partial charge is 0.353 e. The Labute approximate surface area is 152 Å². The van der Waals surface area contributed by atoms with Gasteiger partial charge in [0.25, 0.3) is 0 Å². The molecule has 1 fully saturated rings. The van der Waals surface area contributed by atoms with Crippen LogP contribution in [0.5, 0.6) is 0 Å². The largest absolute Gasteiger partial charge is 0.477 e. The van der Waals surface area contributed by atoms with Gasteiger partial charge in [0, 0.05) is 10.8 Å². The molecule has 1 aromatic rings. The van der Waals surface area contributed by atoms with Crippen molar-refractivity contribution in [3.63, 3.8) is 0 Å². The van der Waals surface area contributed by atoms with E-state index in [2.05, 4.69) is 4.98 Å². The topological polar surface area (TPSA) is 111 Å². The van der Waals surface area contributed by atoms with Gasteiger partial charge in [-0.25, -0.2) is 9.78 Å². The monoisotopic (exact) mass is 382 g/mol. The number of hydrogen-bond acceptors (Lipinski definition) is 7. The number of aliphatic carboxylic acids is 1. The summed E-state index contributed by atoms with van der Waals surface area (Å²) in [5.74, 6) is -2.21. The maximum atomic E-state index is 12.2. The first-order valence-corrected chi connectivity index (χ1v) is 9.49. The minimum Gasteiger partial charge on any atom is -0.477 e. The Morgan fingerprint density at radius 2 is 2.28 bits per heavy atom. The molecule has 2 aliphatic rings. The van der Waals surface area contributed by atoms with E-state index < -0.39 is 18.0 Å². The molecule has 0 aliphatic carbocycles. The number of carboxylic acid groups (broad SMARTS) is 1. The van der Waals surface area contributed by atoms with Gasteiger partial charge in [-0.1, -0.05) is 18.7 Å². The van der Waals surface area contributed by atoms with Crippen molar-refractivity contribution in [1.29, 1.82) is 0 Å². The van der Waals surface area contributed by atoms with Crippen LogP contribution >= 0.6 is 23.1 Å². The van der Waals surface area contributed by atoms with Gasteiger partial charge < -0.3 is 20.2 Å². The maximum Gasteiger partial charge on any atom is 0.353 e. The highest BCUT2D eigenvalue weighted by atomic mass is 32.2. The van der Waals surface area contributed by atoms with Crippen LogP contribution in [0, 0.1) is 11.8 Å². The van der Waals surface area contributed by atoms with E-state index in [9.17, 15) is 24.9 Å². The third kappa shape index (κ3) is 2.91. The molecule has 1 amide bonds. The van der Waals surface area contributed by atoms with Crippen LogP contribution < -0.4 is 0 Å². The number of carboxylic acids is 1. The van der Waals surface area contributed by atoms with E-state index in [1.54, 1.807) is 23.9 Å². The van der Waals surface area contributed by atoms with Gasteiger partial charge in [0.2, 0.25) is 5.91 Å². The molecule has 1 aromatic heterocycles. The van der Waals surface area contributed by atoms with Crippen LogP contribution in [0.2, 0.25) is 0 Å². The number of hydrogen-bond donors (Lipinski definition) is 3. The Balaban J connectivity index is 1.84. The molecule has 3 rings (SSSR count). The quantitative estimate of drug-likeness (QED) is 0.639. The molecule has 1 saturated heterocycles.